The lowest BCUT2D eigenvalue weighted by molar-refractivity contribution is 0.0583. The number of halogens is 1. The summed E-state index contributed by atoms with van der Waals surface area (Å²) in [6, 6.07) is 0. The van der Waals surface area contributed by atoms with E-state index >= 15 is 0 Å². The number of carbonyl (C=O) groups is 1. The van der Waals surface area contributed by atoms with Gasteiger partial charge in [-0.1, -0.05) is 11.6 Å². The fourth-order valence-corrected chi connectivity index (χ4v) is 0.937. The molecule has 0 aliphatic heterocycles. The molecule has 4 nitrogen and oxygen atoms in total. The number of hydrogen-bond donors (Lipinski definition) is 0. The quantitative estimate of drug-likeness (QED) is 0.594. The number of esters is 1. The molecule has 0 atom stereocenters. The number of imidazole rings is 1. The third kappa shape index (κ3) is 1.51. The number of rotatable bonds is 1. The summed E-state index contributed by atoms with van der Waals surface area (Å²) in [5.41, 5.74) is 0. The van der Waals surface area contributed by atoms with Crippen LogP contribution in [0.1, 0.15) is 10.6 Å². The molecule has 5 heteroatoms. The standard InChI is InChI=1S/C6H7ClN2O2/c1-9-3-4(7)8-5(9)6(10)11-2/h3H,1-2H3. The Morgan fingerprint density at radius 2 is 2.45 bits per heavy atom. The van der Waals surface area contributed by atoms with Gasteiger partial charge in [-0.3, -0.25) is 0 Å². The molecule has 0 unspecified atom stereocenters. The van der Waals surface area contributed by atoms with Crippen molar-refractivity contribution >= 4 is 17.6 Å². The van der Waals surface area contributed by atoms with E-state index < -0.39 is 5.97 Å². The van der Waals surface area contributed by atoms with E-state index in [1.807, 2.05) is 0 Å². The second kappa shape index (κ2) is 2.92. The second-order valence-electron chi connectivity index (χ2n) is 1.99. The Labute approximate surface area is 68.7 Å². The summed E-state index contributed by atoms with van der Waals surface area (Å²) in [5.74, 6) is -0.281. The third-order valence-electron chi connectivity index (χ3n) is 1.21. The molecular formula is C6H7ClN2O2. The molecule has 0 spiro atoms. The van der Waals surface area contributed by atoms with Gasteiger partial charge < -0.3 is 9.30 Å². The van der Waals surface area contributed by atoms with Crippen LogP contribution in [0, 0.1) is 0 Å². The number of aromatic nitrogens is 2. The second-order valence-corrected chi connectivity index (χ2v) is 2.38. The van der Waals surface area contributed by atoms with E-state index in [-0.39, 0.29) is 11.0 Å². The molecule has 1 rings (SSSR count). The van der Waals surface area contributed by atoms with Crippen molar-refractivity contribution in [1.82, 2.24) is 9.55 Å². The van der Waals surface area contributed by atoms with Gasteiger partial charge in [-0.2, -0.15) is 0 Å². The van der Waals surface area contributed by atoms with Crippen LogP contribution in [0.5, 0.6) is 0 Å². The predicted octanol–water partition coefficient (Wildman–Crippen LogP) is 0.860. The SMILES string of the molecule is COC(=O)c1nc(Cl)cn1C. The topological polar surface area (TPSA) is 44.1 Å². The van der Waals surface area contributed by atoms with Gasteiger partial charge in [0, 0.05) is 13.2 Å². The van der Waals surface area contributed by atoms with Crippen LogP contribution in [-0.2, 0) is 11.8 Å². The number of aryl methyl sites for hydroxylation is 1. The fourth-order valence-electron chi connectivity index (χ4n) is 0.711. The molecule has 0 amide bonds. The number of ether oxygens (including phenoxy) is 1. The lowest BCUT2D eigenvalue weighted by atomic mass is 10.6. The van der Waals surface area contributed by atoms with Crippen molar-refractivity contribution in [3.05, 3.63) is 17.2 Å². The fraction of sp³-hybridized carbons (Fsp3) is 0.333. The molecule has 0 bridgehead atoms. The first-order chi connectivity index (χ1) is 5.15. The van der Waals surface area contributed by atoms with Crippen molar-refractivity contribution in [1.29, 1.82) is 0 Å². The van der Waals surface area contributed by atoms with Gasteiger partial charge >= 0.3 is 5.97 Å². The highest BCUT2D eigenvalue weighted by Gasteiger charge is 2.12. The first-order valence-corrected chi connectivity index (χ1v) is 3.30. The summed E-state index contributed by atoms with van der Waals surface area (Å²) in [6.45, 7) is 0. The zero-order valence-electron chi connectivity index (χ0n) is 6.17. The van der Waals surface area contributed by atoms with Crippen LogP contribution in [0.3, 0.4) is 0 Å². The Hall–Kier alpha value is -1.03. The van der Waals surface area contributed by atoms with E-state index in [9.17, 15) is 4.79 Å². The van der Waals surface area contributed by atoms with Gasteiger partial charge in [-0.25, -0.2) is 9.78 Å². The molecule has 0 aromatic carbocycles. The van der Waals surface area contributed by atoms with Crippen molar-refractivity contribution in [2.75, 3.05) is 7.11 Å². The summed E-state index contributed by atoms with van der Waals surface area (Å²) in [5, 5.41) is 0.285. The molecule has 0 N–H and O–H groups in total. The van der Waals surface area contributed by atoms with E-state index in [0.717, 1.165) is 0 Å². The number of carbonyl (C=O) groups excluding carboxylic acids is 1. The third-order valence-corrected chi connectivity index (χ3v) is 1.40. The van der Waals surface area contributed by atoms with Gasteiger partial charge in [0.1, 0.15) is 5.15 Å². The molecule has 0 fully saturated rings. The van der Waals surface area contributed by atoms with Crippen molar-refractivity contribution in [2.24, 2.45) is 7.05 Å². The predicted molar refractivity (Wildman–Crippen MR) is 39.6 cm³/mol. The summed E-state index contributed by atoms with van der Waals surface area (Å²) >= 11 is 5.53. The van der Waals surface area contributed by atoms with Crippen LogP contribution in [0.4, 0.5) is 0 Å². The molecule has 1 aromatic heterocycles. The molecule has 1 aromatic rings. The van der Waals surface area contributed by atoms with Crippen LogP contribution in [0.15, 0.2) is 6.20 Å². The number of methoxy groups -OCH3 is 1. The molecule has 0 aliphatic carbocycles. The average molecular weight is 175 g/mol. The van der Waals surface area contributed by atoms with Gasteiger partial charge in [-0.05, 0) is 0 Å². The van der Waals surface area contributed by atoms with Crippen molar-refractivity contribution in [3.8, 4) is 0 Å². The number of hydrogen-bond acceptors (Lipinski definition) is 3. The molecule has 0 aliphatic rings. The summed E-state index contributed by atoms with van der Waals surface area (Å²) in [6.07, 6.45) is 1.54. The van der Waals surface area contributed by atoms with E-state index in [4.69, 9.17) is 11.6 Å². The van der Waals surface area contributed by atoms with Crippen molar-refractivity contribution < 1.29 is 9.53 Å². The van der Waals surface area contributed by atoms with E-state index in [2.05, 4.69) is 9.72 Å². The molecule has 0 radical (unpaired) electrons. The van der Waals surface area contributed by atoms with E-state index in [0.29, 0.717) is 0 Å². The Morgan fingerprint density at radius 3 is 2.82 bits per heavy atom. The first-order valence-electron chi connectivity index (χ1n) is 2.92. The van der Waals surface area contributed by atoms with Crippen LogP contribution in [0.2, 0.25) is 5.15 Å². The van der Waals surface area contributed by atoms with Gasteiger partial charge in [0.2, 0.25) is 5.82 Å². The Morgan fingerprint density at radius 1 is 1.82 bits per heavy atom. The molecule has 11 heavy (non-hydrogen) atoms. The van der Waals surface area contributed by atoms with Crippen LogP contribution < -0.4 is 0 Å². The van der Waals surface area contributed by atoms with Gasteiger partial charge in [0.05, 0.1) is 7.11 Å². The summed E-state index contributed by atoms with van der Waals surface area (Å²) in [4.78, 5) is 14.6. The maximum atomic E-state index is 10.9. The number of nitrogens with zero attached hydrogens (tertiary/aromatic N) is 2. The van der Waals surface area contributed by atoms with Gasteiger partial charge in [0.15, 0.2) is 0 Å². The Balaban J connectivity index is 3.03. The first kappa shape index (κ1) is 8.07. The van der Waals surface area contributed by atoms with E-state index in [1.54, 1.807) is 7.05 Å². The van der Waals surface area contributed by atoms with Gasteiger partial charge in [-0.15, -0.1) is 0 Å². The van der Waals surface area contributed by atoms with Crippen molar-refractivity contribution in [2.45, 2.75) is 0 Å². The summed E-state index contributed by atoms with van der Waals surface area (Å²) in [7, 11) is 2.97. The Bertz CT molecular complexity index is 282. The van der Waals surface area contributed by atoms with Crippen LogP contribution >= 0.6 is 11.6 Å². The normalized spacial score (nSPS) is 9.73. The largest absolute Gasteiger partial charge is 0.463 e. The van der Waals surface area contributed by atoms with Gasteiger partial charge in [0.25, 0.3) is 0 Å². The lowest BCUT2D eigenvalue weighted by Crippen LogP contribution is -2.08. The minimum absolute atomic E-state index is 0.206. The minimum Gasteiger partial charge on any atom is -0.463 e. The van der Waals surface area contributed by atoms with E-state index in [1.165, 1.54) is 17.9 Å². The average Bonchev–Trinajstić information content (AvgIpc) is 2.28. The lowest BCUT2D eigenvalue weighted by Gasteiger charge is -1.96. The highest BCUT2D eigenvalue weighted by atomic mass is 35.5. The summed E-state index contributed by atoms with van der Waals surface area (Å²) < 4.78 is 5.96. The van der Waals surface area contributed by atoms with Crippen LogP contribution in [-0.4, -0.2) is 22.6 Å². The Kier molecular flexibility index (Phi) is 2.14. The smallest absolute Gasteiger partial charge is 0.374 e. The minimum atomic E-state index is -0.487. The highest BCUT2D eigenvalue weighted by molar-refractivity contribution is 6.29. The molecule has 0 saturated heterocycles. The molecule has 1 heterocycles. The monoisotopic (exact) mass is 174 g/mol. The maximum Gasteiger partial charge on any atom is 0.374 e. The van der Waals surface area contributed by atoms with Crippen molar-refractivity contribution in [3.63, 3.8) is 0 Å². The molecular weight excluding hydrogens is 168 g/mol. The zero-order valence-corrected chi connectivity index (χ0v) is 6.92. The highest BCUT2D eigenvalue weighted by Crippen LogP contribution is 2.07. The zero-order chi connectivity index (χ0) is 8.43. The maximum absolute atomic E-state index is 10.9. The molecule has 0 saturated carbocycles. The van der Waals surface area contributed by atoms with Crippen LogP contribution in [0.25, 0.3) is 0 Å². The molecule has 60 valence electrons.